The number of benzene rings is 1. The first-order chi connectivity index (χ1) is 9.80. The van der Waals surface area contributed by atoms with Crippen molar-refractivity contribution in [3.8, 4) is 0 Å². The molecule has 0 aliphatic rings. The van der Waals surface area contributed by atoms with Crippen LogP contribution in [0.5, 0.6) is 0 Å². The van der Waals surface area contributed by atoms with Crippen molar-refractivity contribution >= 4 is 10.0 Å². The van der Waals surface area contributed by atoms with Crippen molar-refractivity contribution < 1.29 is 12.9 Å². The minimum atomic E-state index is -3.52. The zero-order valence-electron chi connectivity index (χ0n) is 12.7. The molecule has 0 unspecified atom stereocenters. The highest BCUT2D eigenvalue weighted by Crippen LogP contribution is 2.20. The van der Waals surface area contributed by atoms with E-state index >= 15 is 0 Å². The van der Waals surface area contributed by atoms with Gasteiger partial charge in [0.2, 0.25) is 10.0 Å². The molecule has 114 valence electrons. The largest absolute Gasteiger partial charge is 0.361 e. The maximum Gasteiger partial charge on any atom is 0.243 e. The van der Waals surface area contributed by atoms with Gasteiger partial charge in [-0.15, -0.1) is 0 Å². The Bertz CT molecular complexity index is 703. The highest BCUT2D eigenvalue weighted by atomic mass is 32.2. The van der Waals surface area contributed by atoms with Crippen LogP contribution in [0.1, 0.15) is 36.8 Å². The van der Waals surface area contributed by atoms with Crippen molar-refractivity contribution in [1.29, 1.82) is 0 Å². The van der Waals surface area contributed by atoms with Crippen LogP contribution in [0, 0.1) is 6.92 Å². The lowest BCUT2D eigenvalue weighted by Crippen LogP contribution is -2.26. The average Bonchev–Trinajstić information content (AvgIpc) is 2.84. The smallest absolute Gasteiger partial charge is 0.243 e. The number of sulfonamides is 1. The Hall–Kier alpha value is -1.66. The van der Waals surface area contributed by atoms with E-state index in [1.807, 2.05) is 12.1 Å². The highest BCUT2D eigenvalue weighted by Gasteiger charge is 2.22. The second kappa shape index (κ2) is 5.99. The molecular formula is C15H20N2O3S. The Labute approximate surface area is 125 Å². The molecule has 0 fully saturated rings. The molecule has 1 heterocycles. The summed E-state index contributed by atoms with van der Waals surface area (Å²) in [6, 6.07) is 8.73. The van der Waals surface area contributed by atoms with Gasteiger partial charge in [0.05, 0.1) is 17.1 Å². The van der Waals surface area contributed by atoms with Gasteiger partial charge in [-0.3, -0.25) is 0 Å². The molecule has 1 aromatic heterocycles. The van der Waals surface area contributed by atoms with Gasteiger partial charge in [-0.05, 0) is 30.5 Å². The van der Waals surface area contributed by atoms with E-state index < -0.39 is 10.0 Å². The number of hydrogen-bond acceptors (Lipinski definition) is 4. The molecule has 5 nitrogen and oxygen atoms in total. The predicted octanol–water partition coefficient (Wildman–Crippen LogP) is 2.93. The van der Waals surface area contributed by atoms with Crippen LogP contribution in [0.15, 0.2) is 39.8 Å². The third-order valence-corrected chi connectivity index (χ3v) is 5.13. The van der Waals surface area contributed by atoms with E-state index in [0.717, 1.165) is 5.56 Å². The van der Waals surface area contributed by atoms with Crippen LogP contribution in [0.4, 0.5) is 0 Å². The van der Waals surface area contributed by atoms with Gasteiger partial charge in [-0.2, -0.15) is 4.31 Å². The number of rotatable bonds is 5. The van der Waals surface area contributed by atoms with E-state index in [1.165, 1.54) is 11.4 Å². The number of hydrogen-bond donors (Lipinski definition) is 0. The molecule has 0 bridgehead atoms. The van der Waals surface area contributed by atoms with Crippen molar-refractivity contribution in [2.75, 3.05) is 7.05 Å². The molecule has 0 spiro atoms. The lowest BCUT2D eigenvalue weighted by molar-refractivity contribution is 0.378. The van der Waals surface area contributed by atoms with E-state index in [-0.39, 0.29) is 11.4 Å². The average molecular weight is 308 g/mol. The topological polar surface area (TPSA) is 63.4 Å². The lowest BCUT2D eigenvalue weighted by Gasteiger charge is -2.16. The molecule has 2 rings (SSSR count). The third kappa shape index (κ3) is 3.51. The zero-order chi connectivity index (χ0) is 15.6. The molecule has 0 N–H and O–H groups in total. The Morgan fingerprint density at radius 3 is 2.33 bits per heavy atom. The normalized spacial score (nSPS) is 12.3. The molecule has 0 saturated heterocycles. The fourth-order valence-corrected chi connectivity index (χ4v) is 3.15. The number of aryl methyl sites for hydroxylation is 1. The Morgan fingerprint density at radius 1 is 1.24 bits per heavy atom. The molecule has 21 heavy (non-hydrogen) atoms. The van der Waals surface area contributed by atoms with E-state index in [9.17, 15) is 8.42 Å². The first-order valence-electron chi connectivity index (χ1n) is 6.79. The van der Waals surface area contributed by atoms with Gasteiger partial charge in [0.15, 0.2) is 0 Å². The fourth-order valence-electron chi connectivity index (χ4n) is 2.01. The number of nitrogens with zero attached hydrogens (tertiary/aromatic N) is 2. The van der Waals surface area contributed by atoms with Crippen LogP contribution < -0.4 is 0 Å². The Morgan fingerprint density at radius 2 is 1.86 bits per heavy atom. The third-order valence-electron chi connectivity index (χ3n) is 3.32. The molecule has 0 atom stereocenters. The SMILES string of the molecule is Cc1cc(CN(C)S(=O)(=O)c2ccc(C(C)C)cc2)no1. The quantitative estimate of drug-likeness (QED) is 0.852. The molecule has 1 aromatic carbocycles. The predicted molar refractivity (Wildman–Crippen MR) is 80.4 cm³/mol. The summed E-state index contributed by atoms with van der Waals surface area (Å²) in [6.07, 6.45) is 0. The Kier molecular flexibility index (Phi) is 4.49. The maximum atomic E-state index is 12.5. The first-order valence-corrected chi connectivity index (χ1v) is 8.23. The van der Waals surface area contributed by atoms with Gasteiger partial charge in [-0.1, -0.05) is 31.1 Å². The van der Waals surface area contributed by atoms with Gasteiger partial charge in [0.25, 0.3) is 0 Å². The second-order valence-corrected chi connectivity index (χ2v) is 7.46. The molecule has 0 saturated carbocycles. The lowest BCUT2D eigenvalue weighted by atomic mass is 10.0. The fraction of sp³-hybridized carbons (Fsp3) is 0.400. The van der Waals surface area contributed by atoms with Crippen LogP contribution in [0.3, 0.4) is 0 Å². The summed E-state index contributed by atoms with van der Waals surface area (Å²) >= 11 is 0. The van der Waals surface area contributed by atoms with E-state index in [0.29, 0.717) is 17.4 Å². The van der Waals surface area contributed by atoms with Crippen molar-refractivity contribution in [1.82, 2.24) is 9.46 Å². The molecule has 0 radical (unpaired) electrons. The van der Waals surface area contributed by atoms with Crippen LogP contribution in [-0.2, 0) is 16.6 Å². The van der Waals surface area contributed by atoms with Crippen LogP contribution >= 0.6 is 0 Å². The molecule has 0 amide bonds. The van der Waals surface area contributed by atoms with Gasteiger partial charge >= 0.3 is 0 Å². The van der Waals surface area contributed by atoms with Gasteiger partial charge in [-0.25, -0.2) is 8.42 Å². The minimum Gasteiger partial charge on any atom is -0.361 e. The minimum absolute atomic E-state index is 0.186. The molecular weight excluding hydrogens is 288 g/mol. The standard InChI is InChI=1S/C15H20N2O3S/c1-11(2)13-5-7-15(8-6-13)21(18,19)17(4)10-14-9-12(3)20-16-14/h5-9,11H,10H2,1-4H3. The van der Waals surface area contributed by atoms with Crippen LogP contribution in [-0.4, -0.2) is 24.9 Å². The van der Waals surface area contributed by atoms with Crippen molar-refractivity contribution in [3.63, 3.8) is 0 Å². The maximum absolute atomic E-state index is 12.5. The van der Waals surface area contributed by atoms with Crippen molar-refractivity contribution in [3.05, 3.63) is 47.3 Å². The van der Waals surface area contributed by atoms with E-state index in [1.54, 1.807) is 25.1 Å². The number of aromatic nitrogens is 1. The summed E-state index contributed by atoms with van der Waals surface area (Å²) in [5.41, 5.74) is 1.71. The Balaban J connectivity index is 2.20. The highest BCUT2D eigenvalue weighted by molar-refractivity contribution is 7.89. The summed E-state index contributed by atoms with van der Waals surface area (Å²) in [4.78, 5) is 0.287. The van der Waals surface area contributed by atoms with Crippen LogP contribution in [0.2, 0.25) is 0 Å². The zero-order valence-corrected chi connectivity index (χ0v) is 13.5. The monoisotopic (exact) mass is 308 g/mol. The summed E-state index contributed by atoms with van der Waals surface area (Å²) in [7, 11) is -1.98. The van der Waals surface area contributed by atoms with E-state index in [4.69, 9.17) is 4.52 Å². The summed E-state index contributed by atoms with van der Waals surface area (Å²) in [5.74, 6) is 1.04. The molecule has 2 aromatic rings. The summed E-state index contributed by atoms with van der Waals surface area (Å²) in [6.45, 7) is 6.10. The van der Waals surface area contributed by atoms with Crippen molar-refractivity contribution in [2.45, 2.75) is 38.1 Å². The summed E-state index contributed by atoms with van der Waals surface area (Å²) in [5, 5.41) is 3.82. The van der Waals surface area contributed by atoms with Gasteiger partial charge in [0.1, 0.15) is 5.76 Å². The second-order valence-electron chi connectivity index (χ2n) is 5.41. The molecule has 0 aliphatic carbocycles. The van der Waals surface area contributed by atoms with Crippen LogP contribution in [0.25, 0.3) is 0 Å². The van der Waals surface area contributed by atoms with Gasteiger partial charge in [0, 0.05) is 13.1 Å². The van der Waals surface area contributed by atoms with E-state index in [2.05, 4.69) is 19.0 Å². The molecule has 0 aliphatic heterocycles. The van der Waals surface area contributed by atoms with Gasteiger partial charge < -0.3 is 4.52 Å². The summed E-state index contributed by atoms with van der Waals surface area (Å²) < 4.78 is 31.2. The van der Waals surface area contributed by atoms with Crippen molar-refractivity contribution in [2.24, 2.45) is 0 Å². The first kappa shape index (κ1) is 15.7. The molecule has 6 heteroatoms.